The minimum Gasteiger partial charge on any atom is -0.485 e. The maximum atomic E-state index is 14.7. The lowest BCUT2D eigenvalue weighted by molar-refractivity contribution is 0.0936. The molecule has 2 aromatic heterocycles. The Morgan fingerprint density at radius 3 is 2.76 bits per heavy atom. The van der Waals surface area contributed by atoms with Gasteiger partial charge in [0.2, 0.25) is 0 Å². The number of nitrogens with one attached hydrogen (secondary N) is 1. The highest BCUT2D eigenvalue weighted by Crippen LogP contribution is 2.36. The summed E-state index contributed by atoms with van der Waals surface area (Å²) in [6.45, 7) is 7.68. The molecule has 1 amide bonds. The van der Waals surface area contributed by atoms with E-state index in [2.05, 4.69) is 20.3 Å². The summed E-state index contributed by atoms with van der Waals surface area (Å²) in [6, 6.07) is 3.33. The Bertz CT molecular complexity index is 1110. The molecule has 1 aliphatic heterocycles. The highest BCUT2D eigenvalue weighted by Gasteiger charge is 2.28. The molecular weight excluding hydrogens is 391 g/mol. The first-order valence-electron chi connectivity index (χ1n) is 9.33. The van der Waals surface area contributed by atoms with Gasteiger partial charge in [-0.25, -0.2) is 14.4 Å². The van der Waals surface area contributed by atoms with Gasteiger partial charge in [0, 0.05) is 23.7 Å². The minimum atomic E-state index is -0.428. The quantitative estimate of drug-likeness (QED) is 0.707. The van der Waals surface area contributed by atoms with Crippen LogP contribution in [0.2, 0.25) is 0 Å². The largest absolute Gasteiger partial charge is 0.485 e. The Hall–Kier alpha value is -2.87. The fourth-order valence-electron chi connectivity index (χ4n) is 3.48. The van der Waals surface area contributed by atoms with E-state index in [1.807, 2.05) is 33.8 Å². The number of benzene rings is 1. The van der Waals surface area contributed by atoms with Gasteiger partial charge in [-0.15, -0.1) is 11.3 Å². The van der Waals surface area contributed by atoms with Crippen LogP contribution in [0.5, 0.6) is 5.75 Å². The molecule has 3 heterocycles. The summed E-state index contributed by atoms with van der Waals surface area (Å²) in [6.07, 6.45) is 1.88. The topological polar surface area (TPSA) is 77.0 Å². The monoisotopic (exact) mass is 412 g/mol. The third kappa shape index (κ3) is 3.85. The van der Waals surface area contributed by atoms with E-state index < -0.39 is 5.82 Å². The average Bonchev–Trinajstić information content (AvgIpc) is 3.24. The second-order valence-corrected chi connectivity index (χ2v) is 8.40. The second-order valence-electron chi connectivity index (χ2n) is 7.19. The van der Waals surface area contributed by atoms with Gasteiger partial charge in [-0.2, -0.15) is 0 Å². The molecular formula is C21H21FN4O2S. The van der Waals surface area contributed by atoms with E-state index in [1.54, 1.807) is 6.20 Å². The van der Waals surface area contributed by atoms with Crippen molar-refractivity contribution in [2.24, 2.45) is 0 Å². The van der Waals surface area contributed by atoms with Crippen LogP contribution in [0.3, 0.4) is 0 Å². The summed E-state index contributed by atoms with van der Waals surface area (Å²) in [5, 5.41) is 3.72. The van der Waals surface area contributed by atoms with Crippen LogP contribution in [0.15, 0.2) is 18.3 Å². The predicted octanol–water partition coefficient (Wildman–Crippen LogP) is 3.71. The summed E-state index contributed by atoms with van der Waals surface area (Å²) >= 11 is 1.36. The number of ether oxygens (including phenoxy) is 1. The first-order chi connectivity index (χ1) is 13.8. The Morgan fingerprint density at radius 1 is 1.24 bits per heavy atom. The number of amides is 1. The number of fused-ring (bicyclic) bond motifs is 1. The molecule has 0 saturated heterocycles. The molecule has 1 atom stereocenters. The molecule has 0 saturated carbocycles. The molecule has 29 heavy (non-hydrogen) atoms. The number of aryl methyl sites for hydroxylation is 4. The summed E-state index contributed by atoms with van der Waals surface area (Å²) in [4.78, 5) is 26.1. The molecule has 1 unspecified atom stereocenters. The molecule has 0 fully saturated rings. The van der Waals surface area contributed by atoms with Crippen molar-refractivity contribution in [1.82, 2.24) is 20.3 Å². The van der Waals surface area contributed by atoms with Crippen molar-refractivity contribution in [1.29, 1.82) is 0 Å². The third-order valence-electron chi connectivity index (χ3n) is 4.80. The van der Waals surface area contributed by atoms with Gasteiger partial charge in [0.15, 0.2) is 11.6 Å². The van der Waals surface area contributed by atoms with Gasteiger partial charge in [0.1, 0.15) is 11.0 Å². The second kappa shape index (κ2) is 7.51. The molecule has 8 heteroatoms. The number of thiazole rings is 1. The molecule has 1 N–H and O–H groups in total. The van der Waals surface area contributed by atoms with E-state index in [4.69, 9.17) is 4.74 Å². The van der Waals surface area contributed by atoms with Crippen LogP contribution in [-0.4, -0.2) is 33.5 Å². The molecule has 0 radical (unpaired) electrons. The Balaban J connectivity index is 1.49. The molecule has 1 aromatic carbocycles. The highest BCUT2D eigenvalue weighted by molar-refractivity contribution is 7.13. The molecule has 4 rings (SSSR count). The van der Waals surface area contributed by atoms with E-state index in [0.29, 0.717) is 34.8 Å². The lowest BCUT2D eigenvalue weighted by Gasteiger charge is -2.12. The Labute approximate surface area is 172 Å². The van der Waals surface area contributed by atoms with Gasteiger partial charge in [0.05, 0.1) is 34.3 Å². The van der Waals surface area contributed by atoms with Crippen LogP contribution in [0, 0.1) is 33.5 Å². The number of hydrogen-bond donors (Lipinski definition) is 1. The fraction of sp³-hybridized carbons (Fsp3) is 0.333. The van der Waals surface area contributed by atoms with Crippen molar-refractivity contribution in [3.8, 4) is 17.0 Å². The van der Waals surface area contributed by atoms with Crippen molar-refractivity contribution in [3.63, 3.8) is 0 Å². The SMILES string of the molecule is Cc1cnc(C)c(-c2cc(F)c3c(c2)CC(CNC(=O)c2sc(C)nc2C)O3)n1. The zero-order chi connectivity index (χ0) is 20.7. The maximum Gasteiger partial charge on any atom is 0.263 e. The first-order valence-corrected chi connectivity index (χ1v) is 10.2. The number of hydrogen-bond acceptors (Lipinski definition) is 6. The molecule has 0 aliphatic carbocycles. The standard InChI is InChI=1S/C21H21FN4O2S/c1-10-8-23-11(2)18(25-10)14-5-15-6-16(28-19(15)17(22)7-14)9-24-21(27)20-12(3)26-13(4)29-20/h5,7-8,16H,6,9H2,1-4H3,(H,24,27). The van der Waals surface area contributed by atoms with Crippen molar-refractivity contribution in [2.75, 3.05) is 6.54 Å². The predicted molar refractivity (Wildman–Crippen MR) is 109 cm³/mol. The number of carbonyl (C=O) groups is 1. The van der Waals surface area contributed by atoms with E-state index in [1.165, 1.54) is 17.4 Å². The van der Waals surface area contributed by atoms with Gasteiger partial charge in [-0.3, -0.25) is 9.78 Å². The van der Waals surface area contributed by atoms with Crippen LogP contribution < -0.4 is 10.1 Å². The molecule has 3 aromatic rings. The van der Waals surface area contributed by atoms with Crippen LogP contribution >= 0.6 is 11.3 Å². The van der Waals surface area contributed by atoms with Gasteiger partial charge in [-0.1, -0.05) is 0 Å². The van der Waals surface area contributed by atoms with Crippen molar-refractivity contribution in [2.45, 2.75) is 40.2 Å². The first kappa shape index (κ1) is 19.4. The van der Waals surface area contributed by atoms with E-state index in [9.17, 15) is 9.18 Å². The smallest absolute Gasteiger partial charge is 0.263 e. The fourth-order valence-corrected chi connectivity index (χ4v) is 4.31. The minimum absolute atomic E-state index is 0.181. The summed E-state index contributed by atoms with van der Waals surface area (Å²) in [5.41, 5.74) is 4.35. The third-order valence-corrected chi connectivity index (χ3v) is 5.87. The highest BCUT2D eigenvalue weighted by atomic mass is 32.1. The number of aromatic nitrogens is 3. The zero-order valence-electron chi connectivity index (χ0n) is 16.7. The van der Waals surface area contributed by atoms with Crippen molar-refractivity contribution < 1.29 is 13.9 Å². The van der Waals surface area contributed by atoms with Crippen LogP contribution in [0.1, 0.15) is 37.3 Å². The number of rotatable bonds is 4. The van der Waals surface area contributed by atoms with Crippen LogP contribution in [-0.2, 0) is 6.42 Å². The van der Waals surface area contributed by atoms with E-state index in [0.717, 1.165) is 22.0 Å². The molecule has 0 bridgehead atoms. The van der Waals surface area contributed by atoms with Crippen molar-refractivity contribution in [3.05, 3.63) is 56.7 Å². The normalized spacial score (nSPS) is 15.1. The van der Waals surface area contributed by atoms with Gasteiger partial charge < -0.3 is 10.1 Å². The summed E-state index contributed by atoms with van der Waals surface area (Å²) < 4.78 is 20.5. The number of carbonyl (C=O) groups excluding carboxylic acids is 1. The average molecular weight is 412 g/mol. The summed E-state index contributed by atoms with van der Waals surface area (Å²) in [5.74, 6) is -0.362. The van der Waals surface area contributed by atoms with E-state index in [-0.39, 0.29) is 17.8 Å². The van der Waals surface area contributed by atoms with E-state index >= 15 is 0 Å². The maximum absolute atomic E-state index is 14.7. The van der Waals surface area contributed by atoms with Gasteiger partial charge >= 0.3 is 0 Å². The molecule has 150 valence electrons. The van der Waals surface area contributed by atoms with Gasteiger partial charge in [0.25, 0.3) is 5.91 Å². The molecule has 1 aliphatic rings. The lowest BCUT2D eigenvalue weighted by Crippen LogP contribution is -2.34. The number of nitrogens with zero attached hydrogens (tertiary/aromatic N) is 3. The molecule has 6 nitrogen and oxygen atoms in total. The molecule has 0 spiro atoms. The Kier molecular flexibility index (Phi) is 5.04. The number of halogens is 1. The van der Waals surface area contributed by atoms with Crippen molar-refractivity contribution >= 4 is 17.2 Å². The summed E-state index contributed by atoms with van der Waals surface area (Å²) in [7, 11) is 0. The zero-order valence-corrected chi connectivity index (χ0v) is 17.5. The Morgan fingerprint density at radius 2 is 2.03 bits per heavy atom. The van der Waals surface area contributed by atoms with Crippen LogP contribution in [0.4, 0.5) is 4.39 Å². The van der Waals surface area contributed by atoms with Gasteiger partial charge in [-0.05, 0) is 39.8 Å². The lowest BCUT2D eigenvalue weighted by atomic mass is 10.0. The van der Waals surface area contributed by atoms with Crippen LogP contribution in [0.25, 0.3) is 11.3 Å².